The molecule has 17 heavy (non-hydrogen) atoms. The summed E-state index contributed by atoms with van der Waals surface area (Å²) in [6, 6.07) is 7.15. The fraction of sp³-hybridized carbons (Fsp3) is 0.462. The van der Waals surface area contributed by atoms with Gasteiger partial charge in [0.1, 0.15) is 18.4 Å². The number of ether oxygens (including phenoxy) is 1. The van der Waals surface area contributed by atoms with E-state index in [1.54, 1.807) is 18.2 Å². The molecule has 0 saturated carbocycles. The molecule has 1 aromatic rings. The number of hydrogen-bond acceptors (Lipinski definition) is 4. The van der Waals surface area contributed by atoms with E-state index in [2.05, 4.69) is 18.7 Å². The van der Waals surface area contributed by atoms with E-state index < -0.39 is 0 Å². The molecule has 0 atom stereocenters. The van der Waals surface area contributed by atoms with Gasteiger partial charge in [0.25, 0.3) is 0 Å². The molecule has 92 valence electrons. The van der Waals surface area contributed by atoms with Gasteiger partial charge in [-0.15, -0.1) is 0 Å². The summed E-state index contributed by atoms with van der Waals surface area (Å²) in [5.74, 6) is 0.691. The van der Waals surface area contributed by atoms with E-state index in [1.807, 2.05) is 20.2 Å². The van der Waals surface area contributed by atoms with Gasteiger partial charge in [-0.2, -0.15) is 5.26 Å². The van der Waals surface area contributed by atoms with Crippen molar-refractivity contribution in [3.05, 3.63) is 23.8 Å². The second kappa shape index (κ2) is 5.07. The molecule has 0 amide bonds. The Balaban J connectivity index is 2.72. The topological polar surface area (TPSA) is 62.3 Å². The van der Waals surface area contributed by atoms with Crippen LogP contribution in [0.2, 0.25) is 0 Å². The van der Waals surface area contributed by atoms with E-state index in [9.17, 15) is 0 Å². The average Bonchev–Trinajstić information content (AvgIpc) is 2.26. The Kier molecular flexibility index (Phi) is 3.97. The Morgan fingerprint density at radius 3 is 2.53 bits per heavy atom. The first-order valence-corrected chi connectivity index (χ1v) is 5.46. The molecular formula is C13H19N3O. The summed E-state index contributed by atoms with van der Waals surface area (Å²) in [4.78, 5) is 2.10. The number of likely N-dealkylation sites (N-methyl/N-ethyl adjacent to an activating group) is 1. The normalized spacial score (nSPS) is 11.3. The third-order valence-corrected chi connectivity index (χ3v) is 2.95. The minimum Gasteiger partial charge on any atom is -0.492 e. The van der Waals surface area contributed by atoms with E-state index in [-0.39, 0.29) is 5.54 Å². The summed E-state index contributed by atoms with van der Waals surface area (Å²) in [6.07, 6.45) is 0. The predicted octanol–water partition coefficient (Wildman–Crippen LogP) is 1.86. The van der Waals surface area contributed by atoms with Crippen molar-refractivity contribution in [2.45, 2.75) is 19.4 Å². The van der Waals surface area contributed by atoms with Gasteiger partial charge in [0, 0.05) is 11.6 Å². The average molecular weight is 233 g/mol. The van der Waals surface area contributed by atoms with Crippen LogP contribution in [0.4, 0.5) is 5.69 Å². The van der Waals surface area contributed by atoms with Crippen LogP contribution in [-0.4, -0.2) is 31.1 Å². The Bertz CT molecular complexity index is 433. The van der Waals surface area contributed by atoms with Gasteiger partial charge in [0.05, 0.1) is 11.3 Å². The number of hydrogen-bond donors (Lipinski definition) is 1. The highest BCUT2D eigenvalue weighted by Crippen LogP contribution is 2.21. The summed E-state index contributed by atoms with van der Waals surface area (Å²) >= 11 is 0. The van der Waals surface area contributed by atoms with Crippen molar-refractivity contribution in [2.24, 2.45) is 0 Å². The van der Waals surface area contributed by atoms with E-state index in [4.69, 9.17) is 15.7 Å². The van der Waals surface area contributed by atoms with Crippen molar-refractivity contribution in [1.82, 2.24) is 4.90 Å². The Labute approximate surface area is 103 Å². The van der Waals surface area contributed by atoms with Crippen LogP contribution in [0, 0.1) is 11.3 Å². The largest absolute Gasteiger partial charge is 0.492 e. The second-order valence-corrected chi connectivity index (χ2v) is 4.86. The van der Waals surface area contributed by atoms with Crippen molar-refractivity contribution in [2.75, 3.05) is 26.4 Å². The van der Waals surface area contributed by atoms with Gasteiger partial charge in [-0.1, -0.05) is 0 Å². The van der Waals surface area contributed by atoms with Crippen LogP contribution in [0.3, 0.4) is 0 Å². The maximum absolute atomic E-state index is 8.76. The number of rotatable bonds is 4. The number of nitrogens with zero attached hydrogens (tertiary/aromatic N) is 2. The summed E-state index contributed by atoms with van der Waals surface area (Å²) in [5.41, 5.74) is 6.59. The Morgan fingerprint density at radius 2 is 2.06 bits per heavy atom. The third-order valence-electron chi connectivity index (χ3n) is 2.95. The van der Waals surface area contributed by atoms with Gasteiger partial charge in [-0.25, -0.2) is 0 Å². The molecule has 0 heterocycles. The quantitative estimate of drug-likeness (QED) is 0.806. The zero-order chi connectivity index (χ0) is 13.1. The number of nitrogens with two attached hydrogens (primary N) is 1. The molecule has 2 N–H and O–H groups in total. The fourth-order valence-electron chi connectivity index (χ4n) is 1.12. The molecule has 0 spiro atoms. The van der Waals surface area contributed by atoms with Crippen LogP contribution in [0.15, 0.2) is 18.2 Å². The van der Waals surface area contributed by atoms with Crippen molar-refractivity contribution < 1.29 is 4.74 Å². The minimum absolute atomic E-state index is 0.0529. The molecule has 0 radical (unpaired) electrons. The molecule has 1 rings (SSSR count). The highest BCUT2D eigenvalue weighted by molar-refractivity contribution is 5.57. The van der Waals surface area contributed by atoms with Crippen molar-refractivity contribution in [1.29, 1.82) is 5.26 Å². The summed E-state index contributed by atoms with van der Waals surface area (Å²) in [7, 11) is 4.02. The van der Waals surface area contributed by atoms with Gasteiger partial charge in [0.15, 0.2) is 0 Å². The van der Waals surface area contributed by atoms with Gasteiger partial charge in [0.2, 0.25) is 0 Å². The van der Waals surface area contributed by atoms with E-state index in [0.717, 1.165) is 0 Å². The lowest BCUT2D eigenvalue weighted by atomic mass is 10.1. The third kappa shape index (κ3) is 3.36. The van der Waals surface area contributed by atoms with E-state index in [1.165, 1.54) is 0 Å². The molecule has 0 unspecified atom stereocenters. The highest BCUT2D eigenvalue weighted by atomic mass is 16.5. The van der Waals surface area contributed by atoms with Crippen LogP contribution in [0.1, 0.15) is 19.4 Å². The molecule has 1 aromatic carbocycles. The zero-order valence-corrected chi connectivity index (χ0v) is 10.8. The van der Waals surface area contributed by atoms with Crippen LogP contribution < -0.4 is 10.5 Å². The molecule has 0 aliphatic carbocycles. The molecule has 0 fully saturated rings. The molecule has 4 heteroatoms. The molecule has 0 aliphatic rings. The van der Waals surface area contributed by atoms with Gasteiger partial charge < -0.3 is 15.4 Å². The highest BCUT2D eigenvalue weighted by Gasteiger charge is 2.21. The van der Waals surface area contributed by atoms with Gasteiger partial charge in [-0.05, 0) is 40.1 Å². The number of nitrogen functional groups attached to an aromatic ring is 1. The summed E-state index contributed by atoms with van der Waals surface area (Å²) < 4.78 is 5.68. The SMILES string of the molecule is CN(C)C(C)(C)COc1ccc(C#N)c(N)c1. The smallest absolute Gasteiger partial charge is 0.121 e. The molecule has 0 saturated heterocycles. The maximum Gasteiger partial charge on any atom is 0.121 e. The lowest BCUT2D eigenvalue weighted by Crippen LogP contribution is -2.43. The first kappa shape index (κ1) is 13.3. The van der Waals surface area contributed by atoms with Crippen LogP contribution in [-0.2, 0) is 0 Å². The lowest BCUT2D eigenvalue weighted by Gasteiger charge is -2.32. The molecular weight excluding hydrogens is 214 g/mol. The van der Waals surface area contributed by atoms with Crippen molar-refractivity contribution in [3.63, 3.8) is 0 Å². The van der Waals surface area contributed by atoms with E-state index in [0.29, 0.717) is 23.6 Å². The van der Waals surface area contributed by atoms with Crippen molar-refractivity contribution in [3.8, 4) is 11.8 Å². The lowest BCUT2D eigenvalue weighted by molar-refractivity contribution is 0.114. The number of benzene rings is 1. The summed E-state index contributed by atoms with van der Waals surface area (Å²) in [6.45, 7) is 4.76. The van der Waals surface area contributed by atoms with Gasteiger partial charge >= 0.3 is 0 Å². The molecule has 0 aliphatic heterocycles. The monoisotopic (exact) mass is 233 g/mol. The first-order valence-electron chi connectivity index (χ1n) is 5.46. The minimum atomic E-state index is -0.0529. The van der Waals surface area contributed by atoms with Crippen molar-refractivity contribution >= 4 is 5.69 Å². The standard InChI is InChI=1S/C13H19N3O/c1-13(2,16(3)4)9-17-11-6-5-10(8-14)12(15)7-11/h5-7H,9,15H2,1-4H3. The zero-order valence-electron chi connectivity index (χ0n) is 10.8. The first-order chi connectivity index (χ1) is 7.86. The Morgan fingerprint density at radius 1 is 1.41 bits per heavy atom. The fourth-order valence-corrected chi connectivity index (χ4v) is 1.12. The second-order valence-electron chi connectivity index (χ2n) is 4.86. The summed E-state index contributed by atoms with van der Waals surface area (Å²) in [5, 5.41) is 8.76. The van der Waals surface area contributed by atoms with Crippen LogP contribution >= 0.6 is 0 Å². The molecule has 0 bridgehead atoms. The molecule has 4 nitrogen and oxygen atoms in total. The number of nitriles is 1. The van der Waals surface area contributed by atoms with Gasteiger partial charge in [-0.3, -0.25) is 0 Å². The van der Waals surface area contributed by atoms with Crippen LogP contribution in [0.25, 0.3) is 0 Å². The Hall–Kier alpha value is -1.73. The van der Waals surface area contributed by atoms with Crippen LogP contribution in [0.5, 0.6) is 5.75 Å². The maximum atomic E-state index is 8.76. The predicted molar refractivity (Wildman–Crippen MR) is 68.8 cm³/mol. The molecule has 0 aromatic heterocycles. The number of anilines is 1. The van der Waals surface area contributed by atoms with E-state index >= 15 is 0 Å².